The molecule has 4 heteroatoms. The van der Waals surface area contributed by atoms with Crippen LogP contribution in [0.3, 0.4) is 0 Å². The summed E-state index contributed by atoms with van der Waals surface area (Å²) in [6.07, 6.45) is -0.0314. The fraction of sp³-hybridized carbons (Fsp3) is 0.625. The summed E-state index contributed by atoms with van der Waals surface area (Å²) in [6.45, 7) is 8.15. The Morgan fingerprint density at radius 3 is 2.50 bits per heavy atom. The lowest BCUT2D eigenvalue weighted by Gasteiger charge is -2.09. The van der Waals surface area contributed by atoms with Crippen molar-refractivity contribution in [2.45, 2.75) is 31.3 Å². The van der Waals surface area contributed by atoms with Gasteiger partial charge in [0.25, 0.3) is 0 Å². The number of aliphatic hydroxyl groups is 2. The van der Waals surface area contributed by atoms with Crippen molar-refractivity contribution in [3.05, 3.63) is 23.7 Å². The number of rotatable bonds is 1. The van der Waals surface area contributed by atoms with E-state index in [1.54, 1.807) is 6.92 Å². The van der Waals surface area contributed by atoms with Gasteiger partial charge in [-0.15, -0.1) is 0 Å². The van der Waals surface area contributed by atoms with E-state index in [2.05, 4.69) is 4.85 Å². The summed E-state index contributed by atoms with van der Waals surface area (Å²) < 4.78 is 5.16. The second kappa shape index (κ2) is 3.68. The molecule has 0 aliphatic carbocycles. The quantitative estimate of drug-likeness (QED) is 0.540. The molecule has 0 spiro atoms. The van der Waals surface area contributed by atoms with Crippen molar-refractivity contribution < 1.29 is 14.9 Å². The van der Waals surface area contributed by atoms with Crippen molar-refractivity contribution in [1.29, 1.82) is 0 Å². The average Bonchev–Trinajstić information content (AvgIpc) is 2.30. The topological polar surface area (TPSA) is 54.0 Å². The molecule has 4 atom stereocenters. The normalized spacial score (nSPS) is 41.8. The molecule has 12 heavy (non-hydrogen) atoms. The molecule has 1 rings (SSSR count). The highest BCUT2D eigenvalue weighted by Crippen LogP contribution is 2.21. The molecule has 0 bridgehead atoms. The summed E-state index contributed by atoms with van der Waals surface area (Å²) in [5.41, 5.74) is 0. The van der Waals surface area contributed by atoms with Gasteiger partial charge in [-0.2, -0.15) is 0 Å². The molecule has 0 aromatic rings. The Hall–Kier alpha value is -0.890. The predicted octanol–water partition coefficient (Wildman–Crippen LogP) is -0.0715. The maximum absolute atomic E-state index is 9.33. The first kappa shape index (κ1) is 9.20. The van der Waals surface area contributed by atoms with E-state index in [1.807, 2.05) is 0 Å². The second-order valence-electron chi connectivity index (χ2n) is 2.76. The number of nitrogens with zero attached hydrogens (tertiary/aromatic N) is 1. The zero-order valence-electron chi connectivity index (χ0n) is 6.71. The number of aliphatic hydroxyl groups excluding tert-OH is 2. The second-order valence-corrected chi connectivity index (χ2v) is 2.76. The Kier molecular flexibility index (Phi) is 2.82. The minimum absolute atomic E-state index is 0.375. The monoisotopic (exact) mass is 169 g/mol. The predicted molar refractivity (Wildman–Crippen MR) is 42.1 cm³/mol. The van der Waals surface area contributed by atoms with Gasteiger partial charge in [0.1, 0.15) is 12.2 Å². The van der Waals surface area contributed by atoms with E-state index in [0.717, 1.165) is 0 Å². The van der Waals surface area contributed by atoms with Gasteiger partial charge < -0.3 is 14.9 Å². The third-order valence-corrected chi connectivity index (χ3v) is 1.89. The lowest BCUT2D eigenvalue weighted by molar-refractivity contribution is 0.0316. The molecule has 0 saturated carbocycles. The fourth-order valence-electron chi connectivity index (χ4n) is 1.17. The molecular weight excluding hydrogens is 158 g/mol. The highest BCUT2D eigenvalue weighted by atomic mass is 16.5. The molecule has 66 valence electrons. The smallest absolute Gasteiger partial charge is 0.152 e. The first-order valence-corrected chi connectivity index (χ1v) is 3.71. The van der Waals surface area contributed by atoms with Crippen molar-refractivity contribution in [2.75, 3.05) is 0 Å². The van der Waals surface area contributed by atoms with Gasteiger partial charge >= 0.3 is 0 Å². The lowest BCUT2D eigenvalue weighted by atomic mass is 10.1. The highest BCUT2D eigenvalue weighted by molar-refractivity contribution is 5.03. The van der Waals surface area contributed by atoms with Gasteiger partial charge in [0.15, 0.2) is 6.20 Å². The number of hydrogen-bond acceptors (Lipinski definition) is 3. The highest BCUT2D eigenvalue weighted by Gasteiger charge is 2.38. The minimum Gasteiger partial charge on any atom is -0.388 e. The Morgan fingerprint density at radius 2 is 2.08 bits per heavy atom. The molecule has 1 fully saturated rings. The van der Waals surface area contributed by atoms with Crippen LogP contribution >= 0.6 is 0 Å². The van der Waals surface area contributed by atoms with Gasteiger partial charge in [0.05, 0.1) is 18.8 Å². The molecule has 1 aliphatic heterocycles. The number of ether oxygens (including phenoxy) is 1. The van der Waals surface area contributed by atoms with E-state index in [1.165, 1.54) is 12.3 Å². The van der Waals surface area contributed by atoms with Crippen LogP contribution in [0.2, 0.25) is 0 Å². The van der Waals surface area contributed by atoms with Gasteiger partial charge in [0.2, 0.25) is 0 Å². The molecule has 1 aliphatic rings. The Labute approximate surface area is 70.9 Å². The minimum atomic E-state index is -0.919. The maximum Gasteiger partial charge on any atom is 0.152 e. The van der Waals surface area contributed by atoms with Crippen molar-refractivity contribution in [1.82, 2.24) is 0 Å². The van der Waals surface area contributed by atoms with Crippen LogP contribution in [0.25, 0.3) is 4.85 Å². The molecule has 2 N–H and O–H groups in total. The zero-order chi connectivity index (χ0) is 9.14. The van der Waals surface area contributed by atoms with Crippen molar-refractivity contribution >= 4 is 0 Å². The Morgan fingerprint density at radius 1 is 1.42 bits per heavy atom. The molecule has 1 unspecified atom stereocenters. The molecule has 1 heterocycles. The SMILES string of the molecule is [C-]#[N+]C=C[C@H]1O[C@@H](C)C(O)[C@H]1O. The van der Waals surface area contributed by atoms with Crippen LogP contribution < -0.4 is 0 Å². The molecule has 4 nitrogen and oxygen atoms in total. The van der Waals surface area contributed by atoms with Crippen LogP contribution in [0, 0.1) is 6.57 Å². The third-order valence-electron chi connectivity index (χ3n) is 1.89. The van der Waals surface area contributed by atoms with E-state index in [9.17, 15) is 10.2 Å². The standard InChI is InChI=1S/C8H11NO3/c1-5-7(10)8(11)6(12-5)3-4-9-2/h3-8,10-11H,1H3/t5-,6+,7?,8-/m0/s1. The molecule has 1 saturated heterocycles. The van der Waals surface area contributed by atoms with Crippen LogP contribution in [0.1, 0.15) is 6.92 Å². The van der Waals surface area contributed by atoms with Gasteiger partial charge in [-0.3, -0.25) is 0 Å². The maximum atomic E-state index is 9.33. The van der Waals surface area contributed by atoms with E-state index in [0.29, 0.717) is 0 Å². The fourth-order valence-corrected chi connectivity index (χ4v) is 1.17. The Bertz CT molecular complexity index is 221. The van der Waals surface area contributed by atoms with Gasteiger partial charge in [-0.05, 0) is 6.92 Å². The summed E-state index contributed by atoms with van der Waals surface area (Å²) in [4.78, 5) is 2.98. The summed E-state index contributed by atoms with van der Waals surface area (Å²) in [6, 6.07) is 0. The van der Waals surface area contributed by atoms with E-state index >= 15 is 0 Å². The summed E-state index contributed by atoms with van der Waals surface area (Å²) in [5, 5.41) is 18.6. The van der Waals surface area contributed by atoms with Gasteiger partial charge in [-0.1, -0.05) is 6.08 Å². The van der Waals surface area contributed by atoms with Gasteiger partial charge in [0, 0.05) is 0 Å². The van der Waals surface area contributed by atoms with Crippen LogP contribution in [0.5, 0.6) is 0 Å². The van der Waals surface area contributed by atoms with Crippen molar-refractivity contribution in [3.63, 3.8) is 0 Å². The van der Waals surface area contributed by atoms with Crippen LogP contribution in [0.4, 0.5) is 0 Å². The van der Waals surface area contributed by atoms with Crippen LogP contribution in [0.15, 0.2) is 12.3 Å². The van der Waals surface area contributed by atoms with E-state index in [4.69, 9.17) is 11.3 Å². The number of hydrogen-bond donors (Lipinski definition) is 2. The lowest BCUT2D eigenvalue weighted by Crippen LogP contribution is -2.30. The van der Waals surface area contributed by atoms with Gasteiger partial charge in [-0.25, -0.2) is 4.85 Å². The molecular formula is C8H11NO3. The largest absolute Gasteiger partial charge is 0.388 e. The van der Waals surface area contributed by atoms with Crippen LogP contribution in [-0.2, 0) is 4.74 Å². The molecule has 0 radical (unpaired) electrons. The molecule has 0 aromatic carbocycles. The molecule has 0 aromatic heterocycles. The summed E-state index contributed by atoms with van der Waals surface area (Å²) >= 11 is 0. The first-order chi connectivity index (χ1) is 5.66. The summed E-state index contributed by atoms with van der Waals surface area (Å²) in [5.74, 6) is 0. The van der Waals surface area contributed by atoms with E-state index in [-0.39, 0.29) is 6.10 Å². The van der Waals surface area contributed by atoms with E-state index < -0.39 is 18.3 Å². The van der Waals surface area contributed by atoms with Crippen molar-refractivity contribution in [3.8, 4) is 0 Å². The molecule has 0 amide bonds. The summed E-state index contributed by atoms with van der Waals surface area (Å²) in [7, 11) is 0. The Balaban J connectivity index is 2.60. The average molecular weight is 169 g/mol. The first-order valence-electron chi connectivity index (χ1n) is 3.71. The van der Waals surface area contributed by atoms with Crippen molar-refractivity contribution in [2.24, 2.45) is 0 Å². The van der Waals surface area contributed by atoms with Crippen LogP contribution in [-0.4, -0.2) is 34.6 Å². The third kappa shape index (κ3) is 1.64. The zero-order valence-corrected chi connectivity index (χ0v) is 6.71.